The molecular formula is C5H10Y-2. The van der Waals surface area contributed by atoms with E-state index in [1.165, 1.54) is 0 Å². The first-order valence-electron chi connectivity index (χ1n) is 1.71. The number of hydrogen-bond donors (Lipinski definition) is 0. The van der Waals surface area contributed by atoms with Crippen LogP contribution in [0.3, 0.4) is 0 Å². The molecule has 0 unspecified atom stereocenters. The van der Waals surface area contributed by atoms with Crippen molar-refractivity contribution in [1.82, 2.24) is 0 Å². The van der Waals surface area contributed by atoms with E-state index in [0.717, 1.165) is 0 Å². The second-order valence-corrected chi connectivity index (χ2v) is 2.16. The molecule has 0 spiro atoms. The van der Waals surface area contributed by atoms with E-state index in [4.69, 9.17) is 0 Å². The van der Waals surface area contributed by atoms with Gasteiger partial charge in [-0.3, -0.25) is 5.41 Å². The molecule has 0 nitrogen and oxygen atoms in total. The van der Waals surface area contributed by atoms with Crippen LogP contribution >= 0.6 is 0 Å². The summed E-state index contributed by atoms with van der Waals surface area (Å²) in [6.45, 7) is 11.2. The summed E-state index contributed by atoms with van der Waals surface area (Å²) < 4.78 is 0. The summed E-state index contributed by atoms with van der Waals surface area (Å²) in [6, 6.07) is 0. The third kappa shape index (κ3) is 70.5. The zero-order chi connectivity index (χ0) is 4.50. The Balaban J connectivity index is 0. The van der Waals surface area contributed by atoms with E-state index >= 15 is 0 Å². The van der Waals surface area contributed by atoms with Crippen molar-refractivity contribution in [1.29, 1.82) is 0 Å². The Bertz CT molecular complexity index is 19.4. The van der Waals surface area contributed by atoms with E-state index in [2.05, 4.69) is 13.8 Å². The van der Waals surface area contributed by atoms with Crippen LogP contribution in [0.1, 0.15) is 13.8 Å². The Morgan fingerprint density at radius 3 is 1.17 bits per heavy atom. The molecule has 0 rings (SSSR count). The van der Waals surface area contributed by atoms with E-state index in [9.17, 15) is 0 Å². The average molecular weight is 159 g/mol. The van der Waals surface area contributed by atoms with Crippen LogP contribution in [0.2, 0.25) is 0 Å². The summed E-state index contributed by atoms with van der Waals surface area (Å²) in [5, 5.41) is 0. The number of rotatable bonds is 0. The first kappa shape index (κ1) is 10.2. The second-order valence-electron chi connectivity index (χ2n) is 2.16. The van der Waals surface area contributed by atoms with Gasteiger partial charge in [-0.2, -0.15) is 0 Å². The van der Waals surface area contributed by atoms with Crippen molar-refractivity contribution in [3.63, 3.8) is 0 Å². The van der Waals surface area contributed by atoms with Crippen LogP contribution in [0.15, 0.2) is 0 Å². The molecule has 0 aliphatic heterocycles. The van der Waals surface area contributed by atoms with E-state index in [1.54, 1.807) is 0 Å². The van der Waals surface area contributed by atoms with Crippen molar-refractivity contribution >= 4 is 0 Å². The molecule has 6 heavy (non-hydrogen) atoms. The van der Waals surface area contributed by atoms with Gasteiger partial charge in [-0.1, -0.05) is 0 Å². The fraction of sp³-hybridized carbons (Fsp3) is 0.600. The van der Waals surface area contributed by atoms with Crippen LogP contribution in [-0.4, -0.2) is 0 Å². The fourth-order valence-electron chi connectivity index (χ4n) is 0. The van der Waals surface area contributed by atoms with Gasteiger partial charge in [0.05, 0.1) is 0 Å². The molecule has 0 aliphatic rings. The van der Waals surface area contributed by atoms with Crippen molar-refractivity contribution in [2.45, 2.75) is 13.8 Å². The Kier molecular flexibility index (Phi) is 5.34. The van der Waals surface area contributed by atoms with Gasteiger partial charge < -0.3 is 13.8 Å². The van der Waals surface area contributed by atoms with Crippen molar-refractivity contribution in [3.05, 3.63) is 13.8 Å². The molecule has 0 aromatic carbocycles. The fourth-order valence-corrected chi connectivity index (χ4v) is 0. The van der Waals surface area contributed by atoms with Gasteiger partial charge in [0.1, 0.15) is 0 Å². The van der Waals surface area contributed by atoms with Gasteiger partial charge in [-0.05, 0) is 0 Å². The minimum atomic E-state index is 0. The smallest absolute Gasteiger partial charge is 0 e. The van der Waals surface area contributed by atoms with Crippen LogP contribution in [0.4, 0.5) is 0 Å². The third-order valence-electron chi connectivity index (χ3n) is 0. The van der Waals surface area contributed by atoms with Crippen LogP contribution in [0.25, 0.3) is 0 Å². The number of hydrogen-bond acceptors (Lipinski definition) is 0. The van der Waals surface area contributed by atoms with Crippen LogP contribution in [0.5, 0.6) is 0 Å². The van der Waals surface area contributed by atoms with Gasteiger partial charge in [0.25, 0.3) is 0 Å². The van der Waals surface area contributed by atoms with Crippen molar-refractivity contribution in [3.8, 4) is 0 Å². The molecule has 1 radical (unpaired) electrons. The summed E-state index contributed by atoms with van der Waals surface area (Å²) in [4.78, 5) is 0. The minimum absolute atomic E-state index is 0. The van der Waals surface area contributed by atoms with E-state index < -0.39 is 0 Å². The Morgan fingerprint density at radius 2 is 1.17 bits per heavy atom. The molecule has 0 aromatic rings. The summed E-state index contributed by atoms with van der Waals surface area (Å²) >= 11 is 0. The normalized spacial score (nSPS) is 10.0. The molecule has 1 heteroatoms. The standard InChI is InChI=1S/C5H10.Y/c1-5(2,3)4;/h1-2H2,3-4H3;/q-2;. The van der Waals surface area contributed by atoms with Crippen molar-refractivity contribution in [2.75, 3.05) is 0 Å². The first-order chi connectivity index (χ1) is 2.00. The zero-order valence-electron chi connectivity index (χ0n) is 4.49. The monoisotopic (exact) mass is 159 g/mol. The molecule has 35 valence electrons. The maximum Gasteiger partial charge on any atom is 0 e. The zero-order valence-corrected chi connectivity index (χ0v) is 7.33. The van der Waals surface area contributed by atoms with E-state index in [0.29, 0.717) is 0 Å². The molecule has 0 saturated carbocycles. The van der Waals surface area contributed by atoms with Gasteiger partial charge >= 0.3 is 0 Å². The molecule has 0 atom stereocenters. The summed E-state index contributed by atoms with van der Waals surface area (Å²) in [5.41, 5.74) is 0. The SMILES string of the molecule is [CH2-]C([CH2-])(C)C.[Y]. The van der Waals surface area contributed by atoms with E-state index in [1.807, 2.05) is 13.8 Å². The Labute approximate surface area is 65.6 Å². The summed E-state index contributed by atoms with van der Waals surface area (Å²) in [6.07, 6.45) is 0. The van der Waals surface area contributed by atoms with Crippen molar-refractivity contribution in [2.24, 2.45) is 5.41 Å². The summed E-state index contributed by atoms with van der Waals surface area (Å²) in [7, 11) is 0. The molecule has 0 N–H and O–H groups in total. The molecule has 0 fully saturated rings. The third-order valence-corrected chi connectivity index (χ3v) is 0. The van der Waals surface area contributed by atoms with Crippen LogP contribution < -0.4 is 0 Å². The quantitative estimate of drug-likeness (QED) is 0.471. The van der Waals surface area contributed by atoms with Crippen LogP contribution in [0, 0.1) is 19.3 Å². The molecule has 0 saturated heterocycles. The predicted octanol–water partition coefficient (Wildman–Crippen LogP) is 1.68. The van der Waals surface area contributed by atoms with Gasteiger partial charge in [0.2, 0.25) is 0 Å². The molecule has 0 amide bonds. The molecule has 0 heterocycles. The van der Waals surface area contributed by atoms with E-state index in [-0.39, 0.29) is 38.1 Å². The molecule has 0 aliphatic carbocycles. The maximum absolute atomic E-state index is 3.66. The Hall–Kier alpha value is 1.10. The van der Waals surface area contributed by atoms with Crippen LogP contribution in [-0.2, 0) is 32.7 Å². The largest absolute Gasteiger partial charge is 0.367 e. The second kappa shape index (κ2) is 3.15. The predicted molar refractivity (Wildman–Crippen MR) is 24.5 cm³/mol. The Morgan fingerprint density at radius 1 is 1.17 bits per heavy atom. The topological polar surface area (TPSA) is 0 Å². The van der Waals surface area contributed by atoms with Crippen molar-refractivity contribution < 1.29 is 32.7 Å². The van der Waals surface area contributed by atoms with Gasteiger partial charge in [-0.25, -0.2) is 0 Å². The molecular weight excluding hydrogens is 149 g/mol. The van der Waals surface area contributed by atoms with Gasteiger partial charge in [0.15, 0.2) is 0 Å². The maximum atomic E-state index is 3.66. The summed E-state index contributed by atoms with van der Waals surface area (Å²) in [5.74, 6) is 0. The average Bonchev–Trinajstić information content (AvgIpc) is 0.722. The van der Waals surface area contributed by atoms with Gasteiger partial charge in [0, 0.05) is 32.7 Å². The minimum Gasteiger partial charge on any atom is -0.367 e. The van der Waals surface area contributed by atoms with Gasteiger partial charge in [-0.15, -0.1) is 13.8 Å². The first-order valence-corrected chi connectivity index (χ1v) is 1.71. The molecule has 0 bridgehead atoms. The molecule has 0 aromatic heterocycles.